The van der Waals surface area contributed by atoms with Crippen molar-refractivity contribution in [2.24, 2.45) is 0 Å². The standard InChI is InChI=1S/C14H18BrN3O/c1-4-18(9-14(2,3)19)12-5-6-16-11-7-10(15)8-17-13(11)12/h5-8,19H,4,9H2,1-3H3. The Hall–Kier alpha value is -1.20. The predicted octanol–water partition coefficient (Wildman–Crippen LogP) is 2.99. The maximum Gasteiger partial charge on any atom is 0.112 e. The van der Waals surface area contributed by atoms with Crippen molar-refractivity contribution in [1.82, 2.24) is 9.97 Å². The average molecular weight is 324 g/mol. The van der Waals surface area contributed by atoms with Gasteiger partial charge in [0.2, 0.25) is 0 Å². The molecule has 0 aromatic carbocycles. The summed E-state index contributed by atoms with van der Waals surface area (Å²) in [4.78, 5) is 10.9. The average Bonchev–Trinajstić information content (AvgIpc) is 2.34. The summed E-state index contributed by atoms with van der Waals surface area (Å²) in [5.74, 6) is 0. The number of rotatable bonds is 4. The lowest BCUT2D eigenvalue weighted by atomic mass is 10.1. The number of halogens is 1. The minimum Gasteiger partial charge on any atom is -0.389 e. The van der Waals surface area contributed by atoms with Crippen LogP contribution in [0, 0.1) is 0 Å². The van der Waals surface area contributed by atoms with E-state index in [1.54, 1.807) is 12.4 Å². The molecule has 0 aliphatic rings. The molecule has 0 spiro atoms. The molecule has 5 heteroatoms. The van der Waals surface area contributed by atoms with Crippen molar-refractivity contribution in [1.29, 1.82) is 0 Å². The number of aromatic nitrogens is 2. The quantitative estimate of drug-likeness (QED) is 0.939. The lowest BCUT2D eigenvalue weighted by Gasteiger charge is -2.30. The van der Waals surface area contributed by atoms with Crippen molar-refractivity contribution in [2.75, 3.05) is 18.0 Å². The second-order valence-electron chi connectivity index (χ2n) is 5.18. The summed E-state index contributed by atoms with van der Waals surface area (Å²) in [6.07, 6.45) is 3.55. The molecular weight excluding hydrogens is 306 g/mol. The van der Waals surface area contributed by atoms with Crippen LogP contribution in [0.15, 0.2) is 29.0 Å². The summed E-state index contributed by atoms with van der Waals surface area (Å²) in [7, 11) is 0. The normalized spacial score (nSPS) is 11.8. The zero-order chi connectivity index (χ0) is 14.0. The van der Waals surface area contributed by atoms with Gasteiger partial charge in [-0.15, -0.1) is 0 Å². The Labute approximate surface area is 121 Å². The Morgan fingerprint density at radius 2 is 2.11 bits per heavy atom. The molecule has 0 bridgehead atoms. The van der Waals surface area contributed by atoms with Gasteiger partial charge in [-0.3, -0.25) is 9.97 Å². The number of hydrogen-bond donors (Lipinski definition) is 1. The number of fused-ring (bicyclic) bond motifs is 1. The molecule has 0 fully saturated rings. The van der Waals surface area contributed by atoms with Gasteiger partial charge in [0.05, 0.1) is 16.8 Å². The maximum absolute atomic E-state index is 10.0. The van der Waals surface area contributed by atoms with Gasteiger partial charge in [-0.2, -0.15) is 0 Å². The number of anilines is 1. The van der Waals surface area contributed by atoms with Crippen LogP contribution in [0.25, 0.3) is 11.0 Å². The topological polar surface area (TPSA) is 49.2 Å². The number of pyridine rings is 2. The van der Waals surface area contributed by atoms with E-state index in [0.717, 1.165) is 27.7 Å². The van der Waals surface area contributed by atoms with Crippen molar-refractivity contribution in [2.45, 2.75) is 26.4 Å². The van der Waals surface area contributed by atoms with E-state index in [2.05, 4.69) is 37.7 Å². The molecule has 102 valence electrons. The third kappa shape index (κ3) is 3.42. The number of nitrogens with zero attached hydrogens (tertiary/aromatic N) is 3. The fraction of sp³-hybridized carbons (Fsp3) is 0.429. The molecule has 2 aromatic heterocycles. The second-order valence-corrected chi connectivity index (χ2v) is 6.09. The maximum atomic E-state index is 10.0. The summed E-state index contributed by atoms with van der Waals surface area (Å²) < 4.78 is 0.912. The van der Waals surface area contributed by atoms with Crippen LogP contribution in [0.5, 0.6) is 0 Å². The van der Waals surface area contributed by atoms with Crippen molar-refractivity contribution in [3.63, 3.8) is 0 Å². The van der Waals surface area contributed by atoms with Crippen LogP contribution in [0.4, 0.5) is 5.69 Å². The van der Waals surface area contributed by atoms with Crippen LogP contribution in [0.3, 0.4) is 0 Å². The van der Waals surface area contributed by atoms with E-state index in [-0.39, 0.29) is 0 Å². The molecule has 2 heterocycles. The molecular formula is C14H18BrN3O. The third-order valence-electron chi connectivity index (χ3n) is 2.82. The molecule has 2 rings (SSSR count). The summed E-state index contributed by atoms with van der Waals surface area (Å²) in [6, 6.07) is 3.89. The van der Waals surface area contributed by atoms with Crippen LogP contribution < -0.4 is 4.90 Å². The first kappa shape index (κ1) is 14.2. The fourth-order valence-electron chi connectivity index (χ4n) is 2.08. The summed E-state index contributed by atoms with van der Waals surface area (Å²) in [6.45, 7) is 7.05. The zero-order valence-corrected chi connectivity index (χ0v) is 13.0. The van der Waals surface area contributed by atoms with E-state index < -0.39 is 5.60 Å². The number of aliphatic hydroxyl groups is 1. The van der Waals surface area contributed by atoms with Gasteiger partial charge in [0.25, 0.3) is 0 Å². The smallest absolute Gasteiger partial charge is 0.112 e. The molecule has 4 nitrogen and oxygen atoms in total. The Morgan fingerprint density at radius 1 is 1.37 bits per heavy atom. The lowest BCUT2D eigenvalue weighted by molar-refractivity contribution is 0.0876. The van der Waals surface area contributed by atoms with Gasteiger partial charge < -0.3 is 10.0 Å². The Balaban J connectivity index is 2.48. The molecule has 2 aromatic rings. The van der Waals surface area contributed by atoms with Gasteiger partial charge in [-0.1, -0.05) is 0 Å². The molecule has 0 saturated carbocycles. The fourth-order valence-corrected chi connectivity index (χ4v) is 2.40. The Morgan fingerprint density at radius 3 is 2.74 bits per heavy atom. The second kappa shape index (κ2) is 5.43. The van der Waals surface area contributed by atoms with Gasteiger partial charge in [-0.25, -0.2) is 0 Å². The highest BCUT2D eigenvalue weighted by molar-refractivity contribution is 9.10. The number of likely N-dealkylation sites (N-methyl/N-ethyl adjacent to an activating group) is 1. The van der Waals surface area contributed by atoms with Crippen molar-refractivity contribution in [3.05, 3.63) is 29.0 Å². The SMILES string of the molecule is CCN(CC(C)(C)O)c1ccnc2cc(Br)cnc12. The summed E-state index contributed by atoms with van der Waals surface area (Å²) in [5, 5.41) is 10.0. The highest BCUT2D eigenvalue weighted by Gasteiger charge is 2.19. The Kier molecular flexibility index (Phi) is 4.06. The summed E-state index contributed by atoms with van der Waals surface area (Å²) in [5.41, 5.74) is 1.96. The third-order valence-corrected chi connectivity index (χ3v) is 3.26. The predicted molar refractivity (Wildman–Crippen MR) is 81.4 cm³/mol. The van der Waals surface area contributed by atoms with Gasteiger partial charge in [0.15, 0.2) is 0 Å². The van der Waals surface area contributed by atoms with E-state index in [4.69, 9.17) is 0 Å². The van der Waals surface area contributed by atoms with Crippen LogP contribution >= 0.6 is 15.9 Å². The van der Waals surface area contributed by atoms with E-state index in [1.165, 1.54) is 0 Å². The molecule has 0 aliphatic carbocycles. The minimum absolute atomic E-state index is 0.556. The van der Waals surface area contributed by atoms with Crippen LogP contribution in [-0.2, 0) is 0 Å². The highest BCUT2D eigenvalue weighted by atomic mass is 79.9. The molecule has 0 unspecified atom stereocenters. The molecule has 0 aliphatic heterocycles. The van der Waals surface area contributed by atoms with E-state index in [1.807, 2.05) is 26.0 Å². The van der Waals surface area contributed by atoms with Gasteiger partial charge in [-0.05, 0) is 48.8 Å². The first-order chi connectivity index (χ1) is 8.90. The van der Waals surface area contributed by atoms with Crippen molar-refractivity contribution in [3.8, 4) is 0 Å². The van der Waals surface area contributed by atoms with Crippen LogP contribution in [0.1, 0.15) is 20.8 Å². The monoisotopic (exact) mass is 323 g/mol. The molecule has 0 amide bonds. The molecule has 19 heavy (non-hydrogen) atoms. The number of hydrogen-bond acceptors (Lipinski definition) is 4. The van der Waals surface area contributed by atoms with E-state index >= 15 is 0 Å². The van der Waals surface area contributed by atoms with Crippen LogP contribution in [0.2, 0.25) is 0 Å². The van der Waals surface area contributed by atoms with Crippen LogP contribution in [-0.4, -0.2) is 33.8 Å². The van der Waals surface area contributed by atoms with Crippen molar-refractivity contribution < 1.29 is 5.11 Å². The summed E-state index contributed by atoms with van der Waals surface area (Å²) >= 11 is 3.40. The first-order valence-corrected chi connectivity index (χ1v) is 7.07. The minimum atomic E-state index is -0.749. The zero-order valence-electron chi connectivity index (χ0n) is 11.4. The molecule has 0 radical (unpaired) electrons. The molecule has 0 atom stereocenters. The lowest BCUT2D eigenvalue weighted by Crippen LogP contribution is -2.38. The van der Waals surface area contributed by atoms with E-state index in [9.17, 15) is 5.11 Å². The largest absolute Gasteiger partial charge is 0.389 e. The highest BCUT2D eigenvalue weighted by Crippen LogP contribution is 2.26. The van der Waals surface area contributed by atoms with Gasteiger partial charge in [0.1, 0.15) is 5.52 Å². The Bertz CT molecular complexity index is 580. The van der Waals surface area contributed by atoms with Crippen molar-refractivity contribution >= 4 is 32.7 Å². The van der Waals surface area contributed by atoms with E-state index in [0.29, 0.717) is 6.54 Å². The molecule has 1 N–H and O–H groups in total. The van der Waals surface area contributed by atoms with Gasteiger partial charge >= 0.3 is 0 Å². The van der Waals surface area contributed by atoms with Gasteiger partial charge in [0, 0.05) is 30.0 Å². The first-order valence-electron chi connectivity index (χ1n) is 6.28. The molecule has 0 saturated heterocycles.